The monoisotopic (exact) mass is 298 g/mol. The van der Waals surface area contributed by atoms with E-state index in [0.717, 1.165) is 37.0 Å². The van der Waals surface area contributed by atoms with E-state index in [1.165, 1.54) is 0 Å². The minimum atomic E-state index is -1.84. The maximum absolute atomic E-state index is 12.4. The Balaban J connectivity index is 2.33. The van der Waals surface area contributed by atoms with Crippen molar-refractivity contribution in [1.29, 1.82) is 0 Å². The zero-order valence-corrected chi connectivity index (χ0v) is 13.4. The third-order valence-electron chi connectivity index (χ3n) is 4.58. The van der Waals surface area contributed by atoms with Gasteiger partial charge in [-0.1, -0.05) is 47.0 Å². The Morgan fingerprint density at radius 1 is 1.43 bits per heavy atom. The lowest BCUT2D eigenvalue weighted by molar-refractivity contribution is -0.147. The molecule has 0 bridgehead atoms. The van der Waals surface area contributed by atoms with Gasteiger partial charge in [0.1, 0.15) is 6.02 Å². The zero-order chi connectivity index (χ0) is 16.8. The van der Waals surface area contributed by atoms with Crippen LogP contribution in [0.3, 0.4) is 0 Å². The summed E-state index contributed by atoms with van der Waals surface area (Å²) in [6.45, 7) is 7.50. The summed E-state index contributed by atoms with van der Waals surface area (Å²) in [7, 11) is 0. The van der Waals surface area contributed by atoms with E-state index >= 15 is 0 Å². The molecule has 2 rings (SSSR count). The van der Waals surface area contributed by atoms with Crippen LogP contribution in [0, 0.1) is 10.8 Å². The van der Waals surface area contributed by atoms with Gasteiger partial charge in [-0.3, -0.25) is 4.90 Å². The third-order valence-corrected chi connectivity index (χ3v) is 4.58. The Bertz CT molecular complexity index is 467. The highest BCUT2D eigenvalue weighted by Gasteiger charge is 2.51. The van der Waals surface area contributed by atoms with E-state index in [-0.39, 0.29) is 11.8 Å². The molecular weight excluding hydrogens is 270 g/mol. The van der Waals surface area contributed by atoms with Crippen LogP contribution >= 0.6 is 0 Å². The van der Waals surface area contributed by atoms with Crippen molar-refractivity contribution in [2.75, 3.05) is 0 Å². The molecule has 1 amide bonds. The van der Waals surface area contributed by atoms with Crippen molar-refractivity contribution in [1.82, 2.24) is 4.90 Å². The average Bonchev–Trinajstić information content (AvgIpc) is 2.61. The van der Waals surface area contributed by atoms with Crippen molar-refractivity contribution in [3.8, 4) is 0 Å². The summed E-state index contributed by atoms with van der Waals surface area (Å²) in [5, 5.41) is 9.59. The summed E-state index contributed by atoms with van der Waals surface area (Å²) in [5.74, 6) is -0.735. The topological polar surface area (TPSA) is 66.8 Å². The molecule has 2 atom stereocenters. The number of carbonyl (C=O) groups excluding carboxylic acids is 1. The highest BCUT2D eigenvalue weighted by Crippen LogP contribution is 2.43. The fraction of sp³-hybridized carbons (Fsp3) is 0.875. The summed E-state index contributed by atoms with van der Waals surface area (Å²) >= 11 is 0. The lowest BCUT2D eigenvalue weighted by atomic mass is 9.71. The van der Waals surface area contributed by atoms with Gasteiger partial charge in [0.25, 0.3) is 0 Å². The summed E-state index contributed by atoms with van der Waals surface area (Å²) in [6, 6.07) is -1.84. The Kier molecular flexibility index (Phi) is 3.84. The molecule has 1 heterocycles. The van der Waals surface area contributed by atoms with Crippen LogP contribution in [0.2, 0.25) is 0 Å². The number of carboxylic acid groups (broad SMARTS) is 1. The standard InChI is InChI=1S/C16H27NO4/c1-15(2,3)13-17(14(19)20)11(12(18)21-13)10-16(4)8-6-5-7-9-16/h11,13H,5-10H2,1-4H3,(H,19,20)/t11-,13+/m0/s1/i11D. The molecule has 1 saturated carbocycles. The number of ether oxygens (including phenoxy) is 1. The van der Waals surface area contributed by atoms with Crippen LogP contribution in [-0.4, -0.2) is 34.3 Å². The molecule has 0 unspecified atom stereocenters. The van der Waals surface area contributed by atoms with Crippen LogP contribution in [0.5, 0.6) is 0 Å². The average molecular weight is 298 g/mol. The van der Waals surface area contributed by atoms with Crippen LogP contribution < -0.4 is 0 Å². The van der Waals surface area contributed by atoms with Gasteiger partial charge in [0.2, 0.25) is 0 Å². The number of nitrogens with zero attached hydrogens (tertiary/aromatic N) is 1. The van der Waals surface area contributed by atoms with Crippen molar-refractivity contribution in [2.24, 2.45) is 10.8 Å². The lowest BCUT2D eigenvalue weighted by Crippen LogP contribution is -2.48. The quantitative estimate of drug-likeness (QED) is 0.791. The Labute approximate surface area is 128 Å². The number of carbonyl (C=O) groups is 2. The highest BCUT2D eigenvalue weighted by molar-refractivity contribution is 5.84. The number of hydrogen-bond donors (Lipinski definition) is 1. The summed E-state index contributed by atoms with van der Waals surface area (Å²) in [5.41, 5.74) is -0.746. The predicted molar refractivity (Wildman–Crippen MR) is 78.8 cm³/mol. The number of amides is 1. The summed E-state index contributed by atoms with van der Waals surface area (Å²) < 4.78 is 13.9. The van der Waals surface area contributed by atoms with Gasteiger partial charge in [0.15, 0.2) is 6.23 Å². The van der Waals surface area contributed by atoms with Gasteiger partial charge in [-0.15, -0.1) is 0 Å². The number of esters is 1. The largest absolute Gasteiger partial charge is 0.465 e. The molecule has 21 heavy (non-hydrogen) atoms. The predicted octanol–water partition coefficient (Wildman–Crippen LogP) is 3.62. The first-order valence-corrected chi connectivity index (χ1v) is 7.73. The van der Waals surface area contributed by atoms with Crippen LogP contribution in [0.1, 0.15) is 67.6 Å². The number of cyclic esters (lactones) is 1. The molecule has 120 valence electrons. The Morgan fingerprint density at radius 3 is 2.48 bits per heavy atom. The van der Waals surface area contributed by atoms with Gasteiger partial charge in [0.05, 0.1) is 1.37 Å². The van der Waals surface area contributed by atoms with Crippen molar-refractivity contribution in [3.05, 3.63) is 0 Å². The van der Waals surface area contributed by atoms with E-state index < -0.39 is 29.7 Å². The maximum Gasteiger partial charge on any atom is 0.410 e. The fourth-order valence-corrected chi connectivity index (χ4v) is 3.39. The Hall–Kier alpha value is -1.26. The summed E-state index contributed by atoms with van der Waals surface area (Å²) in [4.78, 5) is 25.0. The highest BCUT2D eigenvalue weighted by atomic mass is 16.6. The van der Waals surface area contributed by atoms with E-state index in [9.17, 15) is 14.7 Å². The number of hydrogen-bond acceptors (Lipinski definition) is 3. The molecular formula is C16H27NO4. The van der Waals surface area contributed by atoms with Crippen molar-refractivity contribution >= 4 is 12.1 Å². The molecule has 5 heteroatoms. The fourth-order valence-electron chi connectivity index (χ4n) is 3.39. The second-order valence-electron chi connectivity index (χ2n) is 7.77. The normalized spacial score (nSPS) is 33.5. The Morgan fingerprint density at radius 2 is 2.00 bits per heavy atom. The maximum atomic E-state index is 12.4. The van der Waals surface area contributed by atoms with E-state index in [4.69, 9.17) is 6.11 Å². The van der Waals surface area contributed by atoms with Crippen LogP contribution in [-0.2, 0) is 9.53 Å². The molecule has 1 aliphatic carbocycles. The van der Waals surface area contributed by atoms with Crippen LogP contribution in [0.25, 0.3) is 0 Å². The molecule has 1 saturated heterocycles. The second kappa shape index (κ2) is 5.50. The van der Waals surface area contributed by atoms with E-state index in [1.54, 1.807) is 0 Å². The van der Waals surface area contributed by atoms with Crippen LogP contribution in [0.15, 0.2) is 0 Å². The molecule has 1 N–H and O–H groups in total. The lowest BCUT2D eigenvalue weighted by Gasteiger charge is -2.38. The van der Waals surface area contributed by atoms with Gasteiger partial charge < -0.3 is 9.84 Å². The zero-order valence-electron chi connectivity index (χ0n) is 14.4. The van der Waals surface area contributed by atoms with Crippen molar-refractivity contribution in [2.45, 2.75) is 78.5 Å². The first-order chi connectivity index (χ1) is 10.00. The summed E-state index contributed by atoms with van der Waals surface area (Å²) in [6.07, 6.45) is 3.18. The minimum Gasteiger partial charge on any atom is -0.465 e. The van der Waals surface area contributed by atoms with Gasteiger partial charge >= 0.3 is 12.1 Å². The molecule has 0 radical (unpaired) electrons. The molecule has 0 aromatic rings. The van der Waals surface area contributed by atoms with Crippen molar-refractivity contribution < 1.29 is 20.8 Å². The third kappa shape index (κ3) is 3.33. The molecule has 1 aliphatic heterocycles. The first kappa shape index (κ1) is 14.7. The van der Waals surface area contributed by atoms with E-state index in [0.29, 0.717) is 0 Å². The van der Waals surface area contributed by atoms with Gasteiger partial charge in [-0.2, -0.15) is 0 Å². The number of rotatable bonds is 2. The molecule has 5 nitrogen and oxygen atoms in total. The van der Waals surface area contributed by atoms with Gasteiger partial charge in [0, 0.05) is 5.41 Å². The molecule has 0 aromatic heterocycles. The smallest absolute Gasteiger partial charge is 0.410 e. The molecule has 2 aliphatic rings. The van der Waals surface area contributed by atoms with Crippen molar-refractivity contribution in [3.63, 3.8) is 0 Å². The SMILES string of the molecule is [2H][C@]1(CC2(C)CCCCC2)C(=O)O[C@H](C(C)(C)C)N1C(=O)O. The van der Waals surface area contributed by atoms with Gasteiger partial charge in [-0.25, -0.2) is 9.59 Å². The molecule has 0 aromatic carbocycles. The minimum absolute atomic E-state index is 0.181. The van der Waals surface area contributed by atoms with E-state index in [1.807, 2.05) is 20.8 Å². The van der Waals surface area contributed by atoms with E-state index in [2.05, 4.69) is 6.92 Å². The second-order valence-corrected chi connectivity index (χ2v) is 7.77. The first-order valence-electron chi connectivity index (χ1n) is 8.23. The molecule has 0 spiro atoms. The van der Waals surface area contributed by atoms with Gasteiger partial charge in [-0.05, 0) is 24.7 Å². The molecule has 2 fully saturated rings. The van der Waals surface area contributed by atoms with Crippen LogP contribution in [0.4, 0.5) is 4.79 Å².